The Bertz CT molecular complexity index is 712. The molecule has 0 radical (unpaired) electrons. The lowest BCUT2D eigenvalue weighted by Gasteiger charge is -2.07. The molecule has 9 heteroatoms. The Morgan fingerprint density at radius 1 is 1.42 bits per heavy atom. The smallest absolute Gasteiger partial charge is 0.265 e. The van der Waals surface area contributed by atoms with Crippen LogP contribution < -0.4 is 10.5 Å². The summed E-state index contributed by atoms with van der Waals surface area (Å²) in [6.07, 6.45) is 2.29. The number of aromatic amines is 1. The van der Waals surface area contributed by atoms with Gasteiger partial charge in [-0.2, -0.15) is 5.10 Å². The highest BCUT2D eigenvalue weighted by Gasteiger charge is 2.17. The molecule has 1 amide bonds. The fraction of sp³-hybridized carbons (Fsp3) is 0. The van der Waals surface area contributed by atoms with Crippen LogP contribution in [0.4, 0.5) is 10.1 Å². The number of nitrogens with zero attached hydrogens (tertiary/aromatic N) is 1. The van der Waals surface area contributed by atoms with Crippen LogP contribution in [-0.4, -0.2) is 24.5 Å². The molecule has 7 nitrogen and oxygen atoms in total. The third kappa shape index (κ3) is 2.71. The van der Waals surface area contributed by atoms with Crippen molar-refractivity contribution in [1.82, 2.24) is 10.2 Å². The van der Waals surface area contributed by atoms with Crippen molar-refractivity contribution in [2.24, 2.45) is 5.73 Å². The predicted molar refractivity (Wildman–Crippen MR) is 64.3 cm³/mol. The number of nitrogens with two attached hydrogens (primary N) is 1. The van der Waals surface area contributed by atoms with E-state index in [4.69, 9.17) is 5.73 Å². The van der Waals surface area contributed by atoms with E-state index < -0.39 is 27.3 Å². The van der Waals surface area contributed by atoms with Crippen LogP contribution in [0, 0.1) is 5.82 Å². The van der Waals surface area contributed by atoms with Crippen molar-refractivity contribution >= 4 is 21.6 Å². The second-order valence-electron chi connectivity index (χ2n) is 3.60. The summed E-state index contributed by atoms with van der Waals surface area (Å²) in [5.41, 5.74) is 4.60. The van der Waals surface area contributed by atoms with E-state index in [1.165, 1.54) is 12.3 Å². The summed E-state index contributed by atoms with van der Waals surface area (Å²) in [6, 6.07) is 3.15. The molecule has 0 saturated carbocycles. The lowest BCUT2D eigenvalue weighted by molar-refractivity contribution is 0.0996. The van der Waals surface area contributed by atoms with E-state index in [2.05, 4.69) is 14.9 Å². The highest BCUT2D eigenvalue weighted by atomic mass is 32.2. The number of halogens is 1. The van der Waals surface area contributed by atoms with Crippen LogP contribution in [0.2, 0.25) is 0 Å². The Kier molecular flexibility index (Phi) is 3.21. The molecule has 0 saturated heterocycles. The molecule has 0 atom stereocenters. The number of sulfonamides is 1. The van der Waals surface area contributed by atoms with Gasteiger partial charge in [-0.25, -0.2) is 12.8 Å². The minimum Gasteiger partial charge on any atom is -0.366 e. The number of nitrogens with one attached hydrogen (secondary N) is 2. The minimum absolute atomic E-state index is 0.0244. The number of aromatic nitrogens is 2. The normalized spacial score (nSPS) is 11.2. The van der Waals surface area contributed by atoms with Crippen molar-refractivity contribution in [2.45, 2.75) is 4.90 Å². The van der Waals surface area contributed by atoms with Gasteiger partial charge in [0, 0.05) is 11.9 Å². The van der Waals surface area contributed by atoms with Crippen LogP contribution in [0.25, 0.3) is 0 Å². The Morgan fingerprint density at radius 3 is 2.74 bits per heavy atom. The molecule has 0 spiro atoms. The number of carbonyl (C=O) groups excluding carboxylic acids is 1. The first-order valence-electron chi connectivity index (χ1n) is 5.01. The molecule has 2 aromatic rings. The zero-order chi connectivity index (χ0) is 14.0. The number of carbonyl (C=O) groups is 1. The topological polar surface area (TPSA) is 118 Å². The average Bonchev–Trinajstić information content (AvgIpc) is 2.85. The maximum absolute atomic E-state index is 13.2. The summed E-state index contributed by atoms with van der Waals surface area (Å²) in [4.78, 5) is 10.9. The van der Waals surface area contributed by atoms with Crippen LogP contribution >= 0.6 is 0 Å². The first kappa shape index (κ1) is 13.0. The number of H-pyrrole nitrogens is 1. The fourth-order valence-corrected chi connectivity index (χ4v) is 2.33. The van der Waals surface area contributed by atoms with Crippen LogP contribution in [0.3, 0.4) is 0 Å². The molecule has 0 bridgehead atoms. The van der Waals surface area contributed by atoms with Crippen molar-refractivity contribution in [3.8, 4) is 0 Å². The zero-order valence-corrected chi connectivity index (χ0v) is 10.2. The zero-order valence-electron chi connectivity index (χ0n) is 9.42. The van der Waals surface area contributed by atoms with Gasteiger partial charge in [-0.3, -0.25) is 14.6 Å². The number of benzene rings is 1. The van der Waals surface area contributed by atoms with Crippen molar-refractivity contribution in [2.75, 3.05) is 4.72 Å². The van der Waals surface area contributed by atoms with Gasteiger partial charge >= 0.3 is 0 Å². The maximum Gasteiger partial charge on any atom is 0.265 e. The highest BCUT2D eigenvalue weighted by Crippen LogP contribution is 2.18. The summed E-state index contributed by atoms with van der Waals surface area (Å²) in [5.74, 6) is -1.80. The minimum atomic E-state index is -3.84. The van der Waals surface area contributed by atoms with Gasteiger partial charge in [-0.1, -0.05) is 0 Å². The molecule has 1 aromatic heterocycles. The van der Waals surface area contributed by atoms with Crippen LogP contribution in [0.1, 0.15) is 10.4 Å². The van der Waals surface area contributed by atoms with Gasteiger partial charge in [0.2, 0.25) is 0 Å². The maximum atomic E-state index is 13.2. The number of rotatable bonds is 4. The largest absolute Gasteiger partial charge is 0.366 e. The molecular weight excluding hydrogens is 275 g/mol. The molecule has 100 valence electrons. The summed E-state index contributed by atoms with van der Waals surface area (Å²) in [6.45, 7) is 0. The number of anilines is 1. The fourth-order valence-electron chi connectivity index (χ4n) is 1.38. The SMILES string of the molecule is NC(=O)c1cc(NS(=O)(=O)c2cn[nH]c2)ccc1F. The van der Waals surface area contributed by atoms with Gasteiger partial charge in [0.15, 0.2) is 0 Å². The third-order valence-corrected chi connectivity index (χ3v) is 3.62. The van der Waals surface area contributed by atoms with E-state index in [9.17, 15) is 17.6 Å². The first-order chi connectivity index (χ1) is 8.90. The monoisotopic (exact) mass is 284 g/mol. The quantitative estimate of drug-likeness (QED) is 0.755. The Hall–Kier alpha value is -2.42. The summed E-state index contributed by atoms with van der Waals surface area (Å²) in [7, 11) is -3.84. The van der Waals surface area contributed by atoms with E-state index in [0.717, 1.165) is 18.3 Å². The second-order valence-corrected chi connectivity index (χ2v) is 5.28. The van der Waals surface area contributed by atoms with Crippen LogP contribution in [-0.2, 0) is 10.0 Å². The molecule has 0 fully saturated rings. The summed E-state index contributed by atoms with van der Waals surface area (Å²) in [5, 5.41) is 5.87. The Labute approximate surface area is 107 Å². The van der Waals surface area contributed by atoms with E-state index in [1.807, 2.05) is 0 Å². The molecule has 0 unspecified atom stereocenters. The van der Waals surface area contributed by atoms with Gasteiger partial charge in [0.05, 0.1) is 11.8 Å². The lowest BCUT2D eigenvalue weighted by Crippen LogP contribution is -2.16. The molecule has 1 heterocycles. The molecule has 2 rings (SSSR count). The molecule has 1 aromatic carbocycles. The Balaban J connectivity index is 2.35. The third-order valence-electron chi connectivity index (χ3n) is 2.27. The molecule has 0 aliphatic heterocycles. The summed E-state index contributed by atoms with van der Waals surface area (Å²) < 4.78 is 39.1. The first-order valence-corrected chi connectivity index (χ1v) is 6.49. The van der Waals surface area contributed by atoms with E-state index in [0.29, 0.717) is 0 Å². The van der Waals surface area contributed by atoms with Crippen molar-refractivity contribution < 1.29 is 17.6 Å². The van der Waals surface area contributed by atoms with Gasteiger partial charge < -0.3 is 5.73 Å². The number of hydrogen-bond acceptors (Lipinski definition) is 4. The van der Waals surface area contributed by atoms with Gasteiger partial charge in [-0.15, -0.1) is 0 Å². The number of hydrogen-bond donors (Lipinski definition) is 3. The van der Waals surface area contributed by atoms with Gasteiger partial charge in [0.1, 0.15) is 10.7 Å². The lowest BCUT2D eigenvalue weighted by atomic mass is 10.2. The molecule has 4 N–H and O–H groups in total. The molecule has 0 aliphatic carbocycles. The Morgan fingerprint density at radius 2 is 2.16 bits per heavy atom. The molecular formula is C10H9FN4O3S. The van der Waals surface area contributed by atoms with Crippen molar-refractivity contribution in [3.05, 3.63) is 42.0 Å². The van der Waals surface area contributed by atoms with Crippen LogP contribution in [0.5, 0.6) is 0 Å². The summed E-state index contributed by atoms with van der Waals surface area (Å²) >= 11 is 0. The van der Waals surface area contributed by atoms with Crippen molar-refractivity contribution in [3.63, 3.8) is 0 Å². The number of amides is 1. The van der Waals surface area contributed by atoms with E-state index in [1.54, 1.807) is 0 Å². The van der Waals surface area contributed by atoms with Crippen molar-refractivity contribution in [1.29, 1.82) is 0 Å². The number of primary amides is 1. The van der Waals surface area contributed by atoms with Gasteiger partial charge in [-0.05, 0) is 18.2 Å². The molecule has 19 heavy (non-hydrogen) atoms. The standard InChI is InChI=1S/C10H9FN4O3S/c11-9-2-1-6(3-8(9)10(12)16)15-19(17,18)7-4-13-14-5-7/h1-5,15H,(H2,12,16)(H,13,14). The predicted octanol–water partition coefficient (Wildman–Crippen LogP) is 0.448. The highest BCUT2D eigenvalue weighted by molar-refractivity contribution is 7.92. The molecule has 0 aliphatic rings. The van der Waals surface area contributed by atoms with E-state index >= 15 is 0 Å². The average molecular weight is 284 g/mol. The van der Waals surface area contributed by atoms with E-state index in [-0.39, 0.29) is 10.6 Å². The second kappa shape index (κ2) is 4.69. The van der Waals surface area contributed by atoms with Gasteiger partial charge in [0.25, 0.3) is 15.9 Å². The van der Waals surface area contributed by atoms with Crippen LogP contribution in [0.15, 0.2) is 35.5 Å².